The second-order valence-corrected chi connectivity index (χ2v) is 7.10. The van der Waals surface area contributed by atoms with E-state index in [1.165, 1.54) is 0 Å². The van der Waals surface area contributed by atoms with E-state index in [0.717, 1.165) is 23.4 Å². The first kappa shape index (κ1) is 21.2. The zero-order valence-corrected chi connectivity index (χ0v) is 17.0. The maximum absolute atomic E-state index is 10.7. The Kier molecular flexibility index (Phi) is 8.57. The molecule has 1 atom stereocenters. The minimum Gasteiger partial charge on any atom is -0.491 e. The number of aliphatic imine (C=N–C) groups is 1. The van der Waals surface area contributed by atoms with Gasteiger partial charge in [0.05, 0.1) is 19.7 Å². The summed E-state index contributed by atoms with van der Waals surface area (Å²) in [4.78, 5) is 4.61. The summed E-state index contributed by atoms with van der Waals surface area (Å²) in [5.41, 5.74) is 0.995. The molecule has 0 radical (unpaired) electrons. The van der Waals surface area contributed by atoms with Crippen molar-refractivity contribution in [3.8, 4) is 5.75 Å². The lowest BCUT2D eigenvalue weighted by atomic mass is 9.99. The van der Waals surface area contributed by atoms with E-state index in [-0.39, 0.29) is 0 Å². The molecule has 2 rings (SSSR count). The van der Waals surface area contributed by atoms with Gasteiger partial charge in [0.2, 0.25) is 0 Å². The minimum absolute atomic E-state index is 0.371. The molecule has 7 heteroatoms. The summed E-state index contributed by atoms with van der Waals surface area (Å²) in [6, 6.07) is 9.80. The second-order valence-electron chi connectivity index (χ2n) is 6.32. The van der Waals surface area contributed by atoms with E-state index >= 15 is 0 Å². The lowest BCUT2D eigenvalue weighted by Crippen LogP contribution is -2.44. The number of methoxy groups -OCH3 is 1. The van der Waals surface area contributed by atoms with E-state index in [1.54, 1.807) is 25.4 Å². The van der Waals surface area contributed by atoms with Gasteiger partial charge >= 0.3 is 0 Å². The summed E-state index contributed by atoms with van der Waals surface area (Å²) in [6.07, 6.45) is 0. The monoisotopic (exact) mass is 391 g/mol. The maximum atomic E-state index is 10.7. The van der Waals surface area contributed by atoms with Crippen molar-refractivity contribution in [1.29, 1.82) is 0 Å². The molecule has 0 aliphatic carbocycles. The van der Waals surface area contributed by atoms with Gasteiger partial charge in [0.25, 0.3) is 0 Å². The first-order valence-corrected chi connectivity index (χ1v) is 9.97. The first-order chi connectivity index (χ1) is 13.0. The van der Waals surface area contributed by atoms with E-state index in [0.29, 0.717) is 32.3 Å². The van der Waals surface area contributed by atoms with Crippen LogP contribution in [0.4, 0.5) is 0 Å². The number of rotatable bonds is 10. The van der Waals surface area contributed by atoms with Crippen molar-refractivity contribution in [1.82, 2.24) is 10.6 Å². The molecular formula is C20H29N3O3S. The molecule has 148 valence electrons. The Labute approximate surface area is 165 Å². The molecule has 6 nitrogen and oxygen atoms in total. The molecule has 1 aromatic heterocycles. The number of nitrogens with zero attached hydrogens (tertiary/aromatic N) is 1. The summed E-state index contributed by atoms with van der Waals surface area (Å²) >= 11 is 1.57. The summed E-state index contributed by atoms with van der Waals surface area (Å²) in [5.74, 6) is 1.47. The van der Waals surface area contributed by atoms with Crippen molar-refractivity contribution in [2.24, 2.45) is 4.99 Å². The quantitative estimate of drug-likeness (QED) is 0.330. The Bertz CT molecular complexity index is 702. The molecule has 0 spiro atoms. The second kappa shape index (κ2) is 10.9. The van der Waals surface area contributed by atoms with E-state index in [9.17, 15) is 5.11 Å². The molecule has 3 N–H and O–H groups in total. The Hall–Kier alpha value is -2.09. The van der Waals surface area contributed by atoms with Gasteiger partial charge in [0.1, 0.15) is 18.0 Å². The Morgan fingerprint density at radius 2 is 2.11 bits per heavy atom. The summed E-state index contributed by atoms with van der Waals surface area (Å²) in [7, 11) is 1.65. The van der Waals surface area contributed by atoms with Crippen LogP contribution in [0.5, 0.6) is 5.75 Å². The van der Waals surface area contributed by atoms with Crippen LogP contribution in [0, 0.1) is 0 Å². The van der Waals surface area contributed by atoms with Crippen LogP contribution >= 0.6 is 11.3 Å². The maximum Gasteiger partial charge on any atom is 0.191 e. The molecule has 27 heavy (non-hydrogen) atoms. The van der Waals surface area contributed by atoms with E-state index in [1.807, 2.05) is 48.0 Å². The molecule has 1 aromatic carbocycles. The Morgan fingerprint density at radius 1 is 1.26 bits per heavy atom. The number of hydrogen-bond acceptors (Lipinski definition) is 5. The highest BCUT2D eigenvalue weighted by Crippen LogP contribution is 2.22. The van der Waals surface area contributed by atoms with Crippen LogP contribution in [-0.2, 0) is 16.9 Å². The van der Waals surface area contributed by atoms with Crippen LogP contribution in [-0.4, -0.2) is 44.5 Å². The fourth-order valence-electron chi connectivity index (χ4n) is 2.42. The molecule has 2 aromatic rings. The zero-order chi connectivity index (χ0) is 19.5. The molecule has 0 saturated heterocycles. The zero-order valence-electron chi connectivity index (χ0n) is 16.2. The predicted molar refractivity (Wildman–Crippen MR) is 111 cm³/mol. The van der Waals surface area contributed by atoms with Crippen LogP contribution < -0.4 is 15.4 Å². The fraction of sp³-hybridized carbons (Fsp3) is 0.450. The molecule has 0 aliphatic heterocycles. The highest BCUT2D eigenvalue weighted by atomic mass is 32.1. The standard InChI is InChI=1S/C20H29N3O3S/c1-4-21-19(23-15-20(2,24)17-8-11-27-14-17)22-13-16-6-5-7-18(12-16)26-10-9-25-3/h5-8,11-12,14,24H,4,9-10,13,15H2,1-3H3,(H2,21,22,23). The average Bonchev–Trinajstić information content (AvgIpc) is 3.20. The van der Waals surface area contributed by atoms with Gasteiger partial charge < -0.3 is 25.2 Å². The van der Waals surface area contributed by atoms with Crippen LogP contribution in [0.15, 0.2) is 46.1 Å². The van der Waals surface area contributed by atoms with Gasteiger partial charge in [-0.2, -0.15) is 11.3 Å². The third-order valence-corrected chi connectivity index (χ3v) is 4.64. The molecular weight excluding hydrogens is 362 g/mol. The van der Waals surface area contributed by atoms with E-state index in [2.05, 4.69) is 15.6 Å². The van der Waals surface area contributed by atoms with Crippen molar-refractivity contribution in [3.05, 3.63) is 52.2 Å². The SMILES string of the molecule is CCNC(=NCc1cccc(OCCOC)c1)NCC(C)(O)c1ccsc1. The van der Waals surface area contributed by atoms with Crippen molar-refractivity contribution < 1.29 is 14.6 Å². The van der Waals surface area contributed by atoms with Crippen molar-refractivity contribution in [2.45, 2.75) is 26.0 Å². The number of nitrogens with one attached hydrogen (secondary N) is 2. The average molecular weight is 392 g/mol. The van der Waals surface area contributed by atoms with Gasteiger partial charge in [-0.05, 0) is 53.9 Å². The first-order valence-electron chi connectivity index (χ1n) is 9.03. The lowest BCUT2D eigenvalue weighted by Gasteiger charge is -2.24. The minimum atomic E-state index is -0.953. The summed E-state index contributed by atoms with van der Waals surface area (Å²) in [5, 5.41) is 21.0. The van der Waals surface area contributed by atoms with Gasteiger partial charge in [0.15, 0.2) is 5.96 Å². The number of guanidine groups is 1. The van der Waals surface area contributed by atoms with Crippen molar-refractivity contribution in [3.63, 3.8) is 0 Å². The number of benzene rings is 1. The van der Waals surface area contributed by atoms with E-state index in [4.69, 9.17) is 9.47 Å². The largest absolute Gasteiger partial charge is 0.491 e. The molecule has 0 amide bonds. The molecule has 0 fully saturated rings. The van der Waals surface area contributed by atoms with Crippen LogP contribution in [0.3, 0.4) is 0 Å². The molecule has 1 unspecified atom stereocenters. The summed E-state index contributed by atoms with van der Waals surface area (Å²) in [6.45, 7) is 6.51. The molecule has 0 bridgehead atoms. The van der Waals surface area contributed by atoms with Gasteiger partial charge in [0, 0.05) is 13.7 Å². The highest BCUT2D eigenvalue weighted by molar-refractivity contribution is 7.08. The highest BCUT2D eigenvalue weighted by Gasteiger charge is 2.23. The number of ether oxygens (including phenoxy) is 2. The molecule has 1 heterocycles. The molecule has 0 aliphatic rings. The van der Waals surface area contributed by atoms with Crippen molar-refractivity contribution >= 4 is 17.3 Å². The van der Waals surface area contributed by atoms with Crippen LogP contribution in [0.2, 0.25) is 0 Å². The Morgan fingerprint density at radius 3 is 2.81 bits per heavy atom. The molecule has 0 saturated carbocycles. The predicted octanol–water partition coefficient (Wildman–Crippen LogP) is 2.74. The van der Waals surface area contributed by atoms with Crippen LogP contribution in [0.1, 0.15) is 25.0 Å². The van der Waals surface area contributed by atoms with Crippen LogP contribution in [0.25, 0.3) is 0 Å². The lowest BCUT2D eigenvalue weighted by molar-refractivity contribution is 0.0621. The third kappa shape index (κ3) is 7.21. The summed E-state index contributed by atoms with van der Waals surface area (Å²) < 4.78 is 10.6. The third-order valence-electron chi connectivity index (χ3n) is 3.96. The van der Waals surface area contributed by atoms with Gasteiger partial charge in [-0.15, -0.1) is 0 Å². The van der Waals surface area contributed by atoms with E-state index < -0.39 is 5.60 Å². The van der Waals surface area contributed by atoms with Gasteiger partial charge in [-0.1, -0.05) is 12.1 Å². The smallest absolute Gasteiger partial charge is 0.191 e. The topological polar surface area (TPSA) is 75.1 Å². The van der Waals surface area contributed by atoms with Gasteiger partial charge in [-0.25, -0.2) is 4.99 Å². The number of hydrogen-bond donors (Lipinski definition) is 3. The van der Waals surface area contributed by atoms with Crippen molar-refractivity contribution in [2.75, 3.05) is 33.4 Å². The fourth-order valence-corrected chi connectivity index (χ4v) is 3.20. The number of aliphatic hydroxyl groups is 1. The number of thiophene rings is 1. The van der Waals surface area contributed by atoms with Gasteiger partial charge in [-0.3, -0.25) is 0 Å². The normalized spacial score (nSPS) is 13.9. The Balaban J connectivity index is 1.95.